The zero-order valence-corrected chi connectivity index (χ0v) is 18.1. The van der Waals surface area contributed by atoms with Crippen LogP contribution in [-0.2, 0) is 19.6 Å². The lowest BCUT2D eigenvalue weighted by atomic mass is 9.95. The van der Waals surface area contributed by atoms with Crippen LogP contribution in [0.1, 0.15) is 41.0 Å². The minimum atomic E-state index is -4.03. The number of carbonyl (C=O) groups excluding carboxylic acids is 1. The van der Waals surface area contributed by atoms with Crippen LogP contribution in [0.2, 0.25) is 0 Å². The molecule has 1 fully saturated rings. The molecule has 1 aromatic carbocycles. The number of morpholine rings is 1. The molecule has 8 nitrogen and oxygen atoms in total. The lowest BCUT2D eigenvalue weighted by Gasteiger charge is -2.46. The first-order valence-corrected chi connectivity index (χ1v) is 10.8. The summed E-state index contributed by atoms with van der Waals surface area (Å²) < 4.78 is 39.2. The molecule has 0 aliphatic carbocycles. The third kappa shape index (κ3) is 5.08. The molecule has 3 unspecified atom stereocenters. The molecule has 1 saturated heterocycles. The number of hydroxylamine groups is 1. The van der Waals surface area contributed by atoms with Gasteiger partial charge in [0.1, 0.15) is 11.8 Å². The Morgan fingerprint density at radius 3 is 2.55 bits per heavy atom. The van der Waals surface area contributed by atoms with Crippen molar-refractivity contribution in [2.75, 3.05) is 6.54 Å². The molecule has 0 radical (unpaired) electrons. The number of nitrogens with zero attached hydrogens (tertiary/aromatic N) is 1. The minimum Gasteiger partial charge on any atom is -0.478 e. The summed E-state index contributed by atoms with van der Waals surface area (Å²) >= 11 is 0. The average Bonchev–Trinajstić information content (AvgIpc) is 2.66. The number of amides is 1. The van der Waals surface area contributed by atoms with E-state index in [4.69, 9.17) is 14.7 Å². The number of hydrogen-bond donors (Lipinski definition) is 2. The largest absolute Gasteiger partial charge is 0.478 e. The molecular weight excluding hydrogens is 396 g/mol. The van der Waals surface area contributed by atoms with Gasteiger partial charge < -0.3 is 9.47 Å². The zero-order valence-electron chi connectivity index (χ0n) is 17.3. The van der Waals surface area contributed by atoms with Gasteiger partial charge in [0.25, 0.3) is 5.91 Å². The van der Waals surface area contributed by atoms with Crippen LogP contribution in [0.15, 0.2) is 29.2 Å². The summed E-state index contributed by atoms with van der Waals surface area (Å²) in [5, 5.41) is 9.12. The molecule has 3 atom stereocenters. The van der Waals surface area contributed by atoms with Gasteiger partial charge >= 0.3 is 0 Å². The molecule has 9 heteroatoms. The molecule has 0 bridgehead atoms. The van der Waals surface area contributed by atoms with Gasteiger partial charge in [-0.3, -0.25) is 10.0 Å². The molecule has 0 aromatic heterocycles. The van der Waals surface area contributed by atoms with Crippen molar-refractivity contribution in [3.63, 3.8) is 0 Å². The van der Waals surface area contributed by atoms with E-state index in [0.717, 1.165) is 4.31 Å². The van der Waals surface area contributed by atoms with Crippen molar-refractivity contribution in [2.45, 2.75) is 69.8 Å². The number of nitrogens with one attached hydrogen (secondary N) is 1. The van der Waals surface area contributed by atoms with Gasteiger partial charge in [-0.1, -0.05) is 12.8 Å². The smallest absolute Gasteiger partial charge is 0.264 e. The fourth-order valence-electron chi connectivity index (χ4n) is 3.44. The van der Waals surface area contributed by atoms with Crippen LogP contribution in [0.3, 0.4) is 0 Å². The van der Waals surface area contributed by atoms with E-state index in [-0.39, 0.29) is 17.5 Å². The quantitative estimate of drug-likeness (QED) is 0.411. The summed E-state index contributed by atoms with van der Waals surface area (Å²) in [4.78, 5) is 12.3. The third-order valence-electron chi connectivity index (χ3n) is 4.63. The summed E-state index contributed by atoms with van der Waals surface area (Å²) in [5.74, 6) is 5.38. The van der Waals surface area contributed by atoms with Crippen molar-refractivity contribution < 1.29 is 27.9 Å². The van der Waals surface area contributed by atoms with Gasteiger partial charge in [-0.05, 0) is 58.4 Å². The second kappa shape index (κ2) is 9.13. The minimum absolute atomic E-state index is 0.0140. The van der Waals surface area contributed by atoms with Crippen molar-refractivity contribution >= 4 is 15.9 Å². The Labute approximate surface area is 172 Å². The van der Waals surface area contributed by atoms with E-state index in [0.29, 0.717) is 12.2 Å². The Morgan fingerprint density at radius 2 is 2.03 bits per heavy atom. The predicted molar refractivity (Wildman–Crippen MR) is 107 cm³/mol. The molecule has 1 aliphatic rings. The summed E-state index contributed by atoms with van der Waals surface area (Å²) in [7, 11) is -4.03. The van der Waals surface area contributed by atoms with Gasteiger partial charge in [0.2, 0.25) is 10.0 Å². The fraction of sp³-hybridized carbons (Fsp3) is 0.550. The van der Waals surface area contributed by atoms with Gasteiger partial charge in [-0.2, -0.15) is 4.31 Å². The second-order valence-corrected chi connectivity index (χ2v) is 9.26. The Kier molecular flexibility index (Phi) is 7.30. The first-order chi connectivity index (χ1) is 13.6. The van der Waals surface area contributed by atoms with Crippen molar-refractivity contribution in [1.82, 2.24) is 9.79 Å². The van der Waals surface area contributed by atoms with E-state index >= 15 is 0 Å². The summed E-state index contributed by atoms with van der Waals surface area (Å²) in [6.45, 7) is 8.61. The Bertz CT molecular complexity index is 886. The van der Waals surface area contributed by atoms with Crippen molar-refractivity contribution in [3.8, 4) is 17.6 Å². The van der Waals surface area contributed by atoms with Gasteiger partial charge in [0, 0.05) is 6.54 Å². The molecule has 160 valence electrons. The van der Waals surface area contributed by atoms with Crippen LogP contribution in [0.5, 0.6) is 5.75 Å². The standard InChI is InChI=1S/C20H28N2O6S/c1-6-8-15(7-2)27-16-9-11-17(12-10-16)29(25,26)22-13-14(3)28-20(4,5)18(22)19(23)21-24/h9-12,14-15,18,24H,7,13H2,1-5H3,(H,21,23). The van der Waals surface area contributed by atoms with Gasteiger partial charge in [-0.15, -0.1) is 5.92 Å². The third-order valence-corrected chi connectivity index (χ3v) is 6.48. The predicted octanol–water partition coefficient (Wildman–Crippen LogP) is 1.93. The molecule has 1 amide bonds. The lowest BCUT2D eigenvalue weighted by molar-refractivity contribution is -0.167. The van der Waals surface area contributed by atoms with E-state index in [2.05, 4.69) is 11.8 Å². The van der Waals surface area contributed by atoms with E-state index in [1.54, 1.807) is 45.3 Å². The topological polar surface area (TPSA) is 105 Å². The molecule has 29 heavy (non-hydrogen) atoms. The monoisotopic (exact) mass is 424 g/mol. The Hall–Kier alpha value is -2.12. The molecule has 2 N–H and O–H groups in total. The molecule has 1 heterocycles. The molecule has 1 aromatic rings. The molecular formula is C20H28N2O6S. The SMILES string of the molecule is CC#CC(CC)Oc1ccc(S(=O)(=O)N2CC(C)OC(C)(C)C2C(=O)NO)cc1. The average molecular weight is 425 g/mol. The van der Waals surface area contributed by atoms with Crippen LogP contribution in [0.25, 0.3) is 0 Å². The maximum absolute atomic E-state index is 13.3. The van der Waals surface area contributed by atoms with Crippen LogP contribution in [0, 0.1) is 11.8 Å². The van der Waals surface area contributed by atoms with Crippen LogP contribution < -0.4 is 10.2 Å². The number of hydrogen-bond acceptors (Lipinski definition) is 6. The maximum Gasteiger partial charge on any atom is 0.264 e. The van der Waals surface area contributed by atoms with Crippen molar-refractivity contribution in [3.05, 3.63) is 24.3 Å². The number of sulfonamides is 1. The van der Waals surface area contributed by atoms with E-state index < -0.39 is 33.7 Å². The van der Waals surface area contributed by atoms with E-state index in [1.165, 1.54) is 12.1 Å². The van der Waals surface area contributed by atoms with Crippen LogP contribution >= 0.6 is 0 Å². The zero-order chi connectivity index (χ0) is 21.8. The molecule has 0 spiro atoms. The molecule has 1 aliphatic heterocycles. The van der Waals surface area contributed by atoms with Crippen molar-refractivity contribution in [1.29, 1.82) is 0 Å². The van der Waals surface area contributed by atoms with Gasteiger partial charge in [-0.25, -0.2) is 13.9 Å². The number of benzene rings is 1. The Morgan fingerprint density at radius 1 is 1.41 bits per heavy atom. The highest BCUT2D eigenvalue weighted by Crippen LogP contribution is 2.33. The highest BCUT2D eigenvalue weighted by Gasteiger charge is 2.50. The highest BCUT2D eigenvalue weighted by molar-refractivity contribution is 7.89. The van der Waals surface area contributed by atoms with E-state index in [9.17, 15) is 13.2 Å². The fourth-order valence-corrected chi connectivity index (χ4v) is 5.22. The van der Waals surface area contributed by atoms with Gasteiger partial charge in [0.05, 0.1) is 16.6 Å². The summed E-state index contributed by atoms with van der Waals surface area (Å²) in [6, 6.07) is 4.75. The molecule has 0 saturated carbocycles. The van der Waals surface area contributed by atoms with Crippen LogP contribution in [0.4, 0.5) is 0 Å². The van der Waals surface area contributed by atoms with Gasteiger partial charge in [0.15, 0.2) is 6.10 Å². The lowest BCUT2D eigenvalue weighted by Crippen LogP contribution is -2.65. The second-order valence-electron chi connectivity index (χ2n) is 7.37. The van der Waals surface area contributed by atoms with Crippen molar-refractivity contribution in [2.24, 2.45) is 0 Å². The number of ether oxygens (including phenoxy) is 2. The number of rotatable bonds is 6. The highest BCUT2D eigenvalue weighted by atomic mass is 32.2. The first-order valence-electron chi connectivity index (χ1n) is 9.39. The summed E-state index contributed by atoms with van der Waals surface area (Å²) in [6.07, 6.45) is -0.0106. The normalized spacial score (nSPS) is 22.8. The molecule has 2 rings (SSSR count). The maximum atomic E-state index is 13.3. The van der Waals surface area contributed by atoms with E-state index in [1.807, 2.05) is 6.92 Å². The van der Waals surface area contributed by atoms with Crippen LogP contribution in [-0.4, -0.2) is 54.2 Å². The Balaban J connectivity index is 2.36. The first kappa shape index (κ1) is 23.2. The summed E-state index contributed by atoms with van der Waals surface area (Å²) in [5.41, 5.74) is 0.419. The number of carbonyl (C=O) groups is 1.